The van der Waals surface area contributed by atoms with Crippen LogP contribution in [0.4, 0.5) is 5.82 Å². The summed E-state index contributed by atoms with van der Waals surface area (Å²) in [6, 6.07) is 0. The van der Waals surface area contributed by atoms with Gasteiger partial charge in [-0.2, -0.15) is 0 Å². The molecule has 1 rings (SSSR count). The van der Waals surface area contributed by atoms with Crippen LogP contribution in [0.15, 0.2) is 4.47 Å². The van der Waals surface area contributed by atoms with Crippen LogP contribution in [0.3, 0.4) is 0 Å². The van der Waals surface area contributed by atoms with Crippen LogP contribution in [0.5, 0.6) is 0 Å². The molecule has 1 aromatic rings. The molecule has 1 aromatic heterocycles. The minimum Gasteiger partial charge on any atom is -0.378 e. The summed E-state index contributed by atoms with van der Waals surface area (Å²) < 4.78 is 6.14. The molecule has 0 fully saturated rings. The third-order valence-electron chi connectivity index (χ3n) is 3.11. The topological polar surface area (TPSA) is 47.0 Å². The number of anilines is 1. The van der Waals surface area contributed by atoms with Gasteiger partial charge in [0.2, 0.25) is 0 Å². The molecule has 0 aliphatic rings. The molecule has 19 heavy (non-hydrogen) atoms. The van der Waals surface area contributed by atoms with Gasteiger partial charge in [-0.05, 0) is 35.2 Å². The molecule has 4 nitrogen and oxygen atoms in total. The van der Waals surface area contributed by atoms with E-state index < -0.39 is 0 Å². The second kappa shape index (κ2) is 8.48. The van der Waals surface area contributed by atoms with Gasteiger partial charge in [-0.25, -0.2) is 9.97 Å². The van der Waals surface area contributed by atoms with Crippen molar-refractivity contribution in [3.05, 3.63) is 16.0 Å². The molecular weight excluding hydrogens is 306 g/mol. The molecule has 0 aromatic carbocycles. The molecule has 0 atom stereocenters. The number of hydrogen-bond donors (Lipinski definition) is 1. The Morgan fingerprint density at radius 3 is 2.42 bits per heavy atom. The first kappa shape index (κ1) is 16.4. The van der Waals surface area contributed by atoms with Crippen molar-refractivity contribution in [2.24, 2.45) is 0 Å². The number of methoxy groups -OCH3 is 1. The van der Waals surface area contributed by atoms with Gasteiger partial charge in [-0.3, -0.25) is 0 Å². The van der Waals surface area contributed by atoms with Gasteiger partial charge in [0.1, 0.15) is 11.6 Å². The van der Waals surface area contributed by atoms with Crippen molar-refractivity contribution < 1.29 is 4.74 Å². The van der Waals surface area contributed by atoms with Gasteiger partial charge >= 0.3 is 0 Å². The summed E-state index contributed by atoms with van der Waals surface area (Å²) in [6.45, 7) is 7.89. The van der Waals surface area contributed by atoms with E-state index in [4.69, 9.17) is 4.74 Å². The van der Waals surface area contributed by atoms with Crippen LogP contribution in [0, 0.1) is 0 Å². The zero-order valence-corrected chi connectivity index (χ0v) is 13.9. The maximum atomic E-state index is 5.22. The van der Waals surface area contributed by atoms with Crippen LogP contribution in [-0.4, -0.2) is 23.6 Å². The zero-order chi connectivity index (χ0) is 14.3. The van der Waals surface area contributed by atoms with E-state index in [1.807, 2.05) is 0 Å². The first-order chi connectivity index (χ1) is 9.17. The predicted octanol–water partition coefficient (Wildman–Crippen LogP) is 4.11. The Bertz CT molecular complexity index is 395. The highest BCUT2D eigenvalue weighted by Crippen LogP contribution is 2.28. The van der Waals surface area contributed by atoms with Crippen molar-refractivity contribution in [1.82, 2.24) is 9.97 Å². The van der Waals surface area contributed by atoms with Gasteiger partial charge in [0.05, 0.1) is 16.8 Å². The fourth-order valence-corrected chi connectivity index (χ4v) is 2.37. The Kier molecular flexibility index (Phi) is 7.31. The fraction of sp³-hybridized carbons (Fsp3) is 0.714. The summed E-state index contributed by atoms with van der Waals surface area (Å²) in [5.41, 5.74) is 0.915. The Balaban J connectivity index is 3.13. The molecule has 0 radical (unpaired) electrons. The molecule has 0 saturated carbocycles. The first-order valence-corrected chi connectivity index (χ1v) is 7.76. The lowest BCUT2D eigenvalue weighted by Gasteiger charge is -2.16. The summed E-state index contributed by atoms with van der Waals surface area (Å²) in [5, 5.41) is 3.35. The Morgan fingerprint density at radius 1 is 1.21 bits per heavy atom. The number of aromatic nitrogens is 2. The van der Waals surface area contributed by atoms with Crippen LogP contribution in [0.1, 0.15) is 57.5 Å². The maximum Gasteiger partial charge on any atom is 0.144 e. The van der Waals surface area contributed by atoms with Crippen molar-refractivity contribution in [3.63, 3.8) is 0 Å². The van der Waals surface area contributed by atoms with E-state index >= 15 is 0 Å². The van der Waals surface area contributed by atoms with E-state index in [-0.39, 0.29) is 0 Å². The number of halogens is 1. The molecule has 0 saturated heterocycles. The van der Waals surface area contributed by atoms with Crippen LogP contribution in [-0.2, 0) is 11.3 Å². The summed E-state index contributed by atoms with van der Waals surface area (Å²) in [5.74, 6) is 2.20. The zero-order valence-electron chi connectivity index (χ0n) is 12.3. The molecule has 1 N–H and O–H groups in total. The average molecular weight is 330 g/mol. The first-order valence-electron chi connectivity index (χ1n) is 6.96. The second-order valence-corrected chi connectivity index (χ2v) is 5.36. The molecule has 0 amide bonds. The number of nitrogens with one attached hydrogen (secondary N) is 1. The molecule has 0 aliphatic heterocycles. The van der Waals surface area contributed by atoms with Crippen LogP contribution < -0.4 is 5.32 Å². The summed E-state index contributed by atoms with van der Waals surface area (Å²) in [7, 11) is 1.69. The second-order valence-electron chi connectivity index (χ2n) is 4.56. The molecule has 0 aliphatic carbocycles. The van der Waals surface area contributed by atoms with E-state index in [1.165, 1.54) is 0 Å². The van der Waals surface area contributed by atoms with Gasteiger partial charge in [0.15, 0.2) is 0 Å². The molecular formula is C14H24BrN3O. The van der Waals surface area contributed by atoms with E-state index in [1.54, 1.807) is 7.11 Å². The van der Waals surface area contributed by atoms with E-state index in [0.717, 1.165) is 47.6 Å². The summed E-state index contributed by atoms with van der Waals surface area (Å²) in [4.78, 5) is 9.32. The number of nitrogens with zero attached hydrogens (tertiary/aromatic N) is 2. The molecule has 1 heterocycles. The van der Waals surface area contributed by atoms with Crippen molar-refractivity contribution in [3.8, 4) is 0 Å². The quantitative estimate of drug-likeness (QED) is 0.779. The number of rotatable bonds is 8. The highest BCUT2D eigenvalue weighted by Gasteiger charge is 2.16. The highest BCUT2D eigenvalue weighted by atomic mass is 79.9. The van der Waals surface area contributed by atoms with Gasteiger partial charge in [0.25, 0.3) is 0 Å². The fourth-order valence-electron chi connectivity index (χ4n) is 1.94. The van der Waals surface area contributed by atoms with Crippen molar-refractivity contribution in [1.29, 1.82) is 0 Å². The van der Waals surface area contributed by atoms with Crippen LogP contribution in [0.25, 0.3) is 0 Å². The van der Waals surface area contributed by atoms with E-state index in [2.05, 4.69) is 52.0 Å². The lowest BCUT2D eigenvalue weighted by molar-refractivity contribution is 0.180. The minimum atomic E-state index is 0.408. The lowest BCUT2D eigenvalue weighted by Crippen LogP contribution is -2.12. The van der Waals surface area contributed by atoms with Crippen LogP contribution in [0.2, 0.25) is 0 Å². The maximum absolute atomic E-state index is 5.22. The Morgan fingerprint density at radius 2 is 1.89 bits per heavy atom. The van der Waals surface area contributed by atoms with Crippen molar-refractivity contribution >= 4 is 21.7 Å². The number of ether oxygens (including phenoxy) is 1. The lowest BCUT2D eigenvalue weighted by atomic mass is 10.0. The highest BCUT2D eigenvalue weighted by molar-refractivity contribution is 9.10. The molecule has 5 heteroatoms. The molecule has 0 unspecified atom stereocenters. The van der Waals surface area contributed by atoms with Crippen molar-refractivity contribution in [2.45, 2.75) is 52.6 Å². The average Bonchev–Trinajstić information content (AvgIpc) is 2.42. The van der Waals surface area contributed by atoms with Gasteiger partial charge in [-0.15, -0.1) is 0 Å². The third kappa shape index (κ3) is 4.42. The largest absolute Gasteiger partial charge is 0.378 e. The van der Waals surface area contributed by atoms with Gasteiger partial charge < -0.3 is 10.1 Å². The SMILES string of the molecule is CCCNc1nc(C(CC)CC)nc(COC)c1Br. The normalized spacial score (nSPS) is 11.1. The molecule has 108 valence electrons. The monoisotopic (exact) mass is 329 g/mol. The smallest absolute Gasteiger partial charge is 0.144 e. The minimum absolute atomic E-state index is 0.408. The number of hydrogen-bond acceptors (Lipinski definition) is 4. The van der Waals surface area contributed by atoms with Crippen molar-refractivity contribution in [2.75, 3.05) is 19.0 Å². The summed E-state index contributed by atoms with van der Waals surface area (Å²) >= 11 is 3.57. The third-order valence-corrected chi connectivity index (χ3v) is 3.94. The Hall–Kier alpha value is -0.680. The Labute approximate surface area is 124 Å². The molecule has 0 spiro atoms. The van der Waals surface area contributed by atoms with E-state index in [0.29, 0.717) is 12.5 Å². The van der Waals surface area contributed by atoms with Gasteiger partial charge in [-0.1, -0.05) is 20.8 Å². The summed E-state index contributed by atoms with van der Waals surface area (Å²) in [6.07, 6.45) is 3.17. The van der Waals surface area contributed by atoms with Gasteiger partial charge in [0, 0.05) is 19.6 Å². The van der Waals surface area contributed by atoms with E-state index in [9.17, 15) is 0 Å². The predicted molar refractivity (Wildman–Crippen MR) is 82.5 cm³/mol. The molecule has 0 bridgehead atoms. The standard InChI is InChI=1S/C14H24BrN3O/c1-5-8-16-14-12(15)11(9-19-4)17-13(18-14)10(6-2)7-3/h10H,5-9H2,1-4H3,(H,16,17,18). The van der Waals surface area contributed by atoms with Crippen LogP contribution >= 0.6 is 15.9 Å².